The molecule has 132 valence electrons. The lowest BCUT2D eigenvalue weighted by Gasteiger charge is -2.33. The predicted octanol–water partition coefficient (Wildman–Crippen LogP) is 2.27. The molecule has 2 saturated carbocycles. The summed E-state index contributed by atoms with van der Waals surface area (Å²) in [5.41, 5.74) is -0.814. The lowest BCUT2D eigenvalue weighted by molar-refractivity contribution is -0.130. The molecular weight excluding hydrogens is 292 g/mol. The van der Waals surface area contributed by atoms with Crippen molar-refractivity contribution in [2.75, 3.05) is 0 Å². The third kappa shape index (κ3) is 5.79. The molecule has 3 N–H and O–H groups in total. The van der Waals surface area contributed by atoms with Gasteiger partial charge in [-0.3, -0.25) is 9.59 Å². The van der Waals surface area contributed by atoms with E-state index in [9.17, 15) is 14.7 Å². The molecule has 0 aliphatic heterocycles. The summed E-state index contributed by atoms with van der Waals surface area (Å²) in [6, 6.07) is 0.212. The zero-order chi connectivity index (χ0) is 16.9. The Bertz CT molecular complexity index is 416. The van der Waals surface area contributed by atoms with Gasteiger partial charge in [-0.05, 0) is 46.0 Å². The fourth-order valence-corrected chi connectivity index (χ4v) is 3.93. The number of hydrogen-bond acceptors (Lipinski definition) is 3. The highest BCUT2D eigenvalue weighted by atomic mass is 16.3. The molecule has 0 spiro atoms. The molecule has 2 fully saturated rings. The van der Waals surface area contributed by atoms with Crippen LogP contribution in [0.15, 0.2) is 0 Å². The summed E-state index contributed by atoms with van der Waals surface area (Å²) in [5, 5.41) is 16.5. The van der Waals surface area contributed by atoms with E-state index in [2.05, 4.69) is 10.6 Å². The summed E-state index contributed by atoms with van der Waals surface area (Å²) in [5.74, 6) is 0.0309. The second kappa shape index (κ2) is 8.13. The Labute approximate surface area is 139 Å². The summed E-state index contributed by atoms with van der Waals surface area (Å²) in [6.45, 7) is 3.93. The maximum absolute atomic E-state index is 12.3. The maximum atomic E-state index is 12.3. The Morgan fingerprint density at radius 3 is 2.48 bits per heavy atom. The van der Waals surface area contributed by atoms with Crippen LogP contribution in [0.1, 0.15) is 78.1 Å². The molecule has 0 aromatic carbocycles. The first kappa shape index (κ1) is 18.2. The lowest BCUT2D eigenvalue weighted by atomic mass is 9.81. The van der Waals surface area contributed by atoms with Crippen LogP contribution in [0, 0.1) is 5.92 Å². The number of hydrogen-bond donors (Lipinski definition) is 3. The normalized spacial score (nSPS) is 27.5. The Balaban J connectivity index is 1.80. The standard InChI is InChI=1S/C18H32N2O3/c1-13(2)19-17(22)14-7-6-8-15(11-14)20-16(21)12-18(23)9-4-3-5-10-18/h13-15,23H,3-12H2,1-2H3,(H,19,22)(H,20,21)/t14-,15+/m1/s1. The molecule has 2 aliphatic carbocycles. The Kier molecular flexibility index (Phi) is 6.45. The zero-order valence-electron chi connectivity index (χ0n) is 14.6. The Morgan fingerprint density at radius 2 is 1.83 bits per heavy atom. The van der Waals surface area contributed by atoms with Crippen molar-refractivity contribution in [1.82, 2.24) is 10.6 Å². The van der Waals surface area contributed by atoms with Crippen LogP contribution in [0.5, 0.6) is 0 Å². The van der Waals surface area contributed by atoms with E-state index in [-0.39, 0.29) is 36.2 Å². The van der Waals surface area contributed by atoms with Crippen LogP contribution < -0.4 is 10.6 Å². The number of carbonyl (C=O) groups is 2. The smallest absolute Gasteiger partial charge is 0.223 e. The minimum Gasteiger partial charge on any atom is -0.389 e. The van der Waals surface area contributed by atoms with Crippen molar-refractivity contribution in [1.29, 1.82) is 0 Å². The maximum Gasteiger partial charge on any atom is 0.223 e. The van der Waals surface area contributed by atoms with Gasteiger partial charge in [0.2, 0.25) is 11.8 Å². The van der Waals surface area contributed by atoms with Crippen LogP contribution in [0.3, 0.4) is 0 Å². The average Bonchev–Trinajstić information content (AvgIpc) is 2.46. The van der Waals surface area contributed by atoms with Crippen LogP contribution >= 0.6 is 0 Å². The van der Waals surface area contributed by atoms with E-state index in [0.29, 0.717) is 6.42 Å². The SMILES string of the molecule is CC(C)NC(=O)[C@@H]1CCC[C@H](NC(=O)CC2(O)CCCCC2)C1. The van der Waals surface area contributed by atoms with E-state index in [1.54, 1.807) is 0 Å². The van der Waals surface area contributed by atoms with Gasteiger partial charge in [0.15, 0.2) is 0 Å². The van der Waals surface area contributed by atoms with Crippen LogP contribution in [-0.2, 0) is 9.59 Å². The minimum atomic E-state index is -0.814. The van der Waals surface area contributed by atoms with Crippen LogP contribution in [-0.4, -0.2) is 34.6 Å². The second-order valence-corrected chi connectivity index (χ2v) is 7.75. The molecule has 0 unspecified atom stereocenters. The van der Waals surface area contributed by atoms with Gasteiger partial charge < -0.3 is 15.7 Å². The molecule has 0 aromatic rings. The minimum absolute atomic E-state index is 0.00535. The van der Waals surface area contributed by atoms with Crippen LogP contribution in [0.4, 0.5) is 0 Å². The van der Waals surface area contributed by atoms with Crippen molar-refractivity contribution in [2.24, 2.45) is 5.92 Å². The largest absolute Gasteiger partial charge is 0.389 e. The summed E-state index contributed by atoms with van der Waals surface area (Å²) in [4.78, 5) is 24.4. The van der Waals surface area contributed by atoms with E-state index in [4.69, 9.17) is 0 Å². The lowest BCUT2D eigenvalue weighted by Crippen LogP contribution is -2.46. The number of nitrogens with one attached hydrogen (secondary N) is 2. The first-order valence-corrected chi connectivity index (χ1v) is 9.20. The highest BCUT2D eigenvalue weighted by molar-refractivity contribution is 5.80. The molecule has 2 aliphatic rings. The molecule has 0 aromatic heterocycles. The van der Waals surface area contributed by atoms with Crippen LogP contribution in [0.25, 0.3) is 0 Å². The third-order valence-electron chi connectivity index (χ3n) is 5.11. The van der Waals surface area contributed by atoms with E-state index in [1.165, 1.54) is 0 Å². The van der Waals surface area contributed by atoms with Gasteiger partial charge in [0.25, 0.3) is 0 Å². The van der Waals surface area contributed by atoms with Gasteiger partial charge in [0.05, 0.1) is 12.0 Å². The topological polar surface area (TPSA) is 78.4 Å². The first-order valence-electron chi connectivity index (χ1n) is 9.20. The van der Waals surface area contributed by atoms with Crippen molar-refractivity contribution in [3.63, 3.8) is 0 Å². The third-order valence-corrected chi connectivity index (χ3v) is 5.11. The quantitative estimate of drug-likeness (QED) is 0.726. The fourth-order valence-electron chi connectivity index (χ4n) is 3.93. The Hall–Kier alpha value is -1.10. The highest BCUT2D eigenvalue weighted by Crippen LogP contribution is 2.31. The highest BCUT2D eigenvalue weighted by Gasteiger charge is 2.33. The number of rotatable bonds is 5. The Morgan fingerprint density at radius 1 is 1.13 bits per heavy atom. The summed E-state index contributed by atoms with van der Waals surface area (Å²) < 4.78 is 0. The van der Waals surface area contributed by atoms with Gasteiger partial charge in [0, 0.05) is 18.0 Å². The molecule has 0 bridgehead atoms. The molecule has 2 rings (SSSR count). The summed E-state index contributed by atoms with van der Waals surface area (Å²) >= 11 is 0. The van der Waals surface area contributed by atoms with Gasteiger partial charge in [-0.1, -0.05) is 25.7 Å². The second-order valence-electron chi connectivity index (χ2n) is 7.75. The molecule has 5 heteroatoms. The van der Waals surface area contributed by atoms with Crippen LogP contribution in [0.2, 0.25) is 0 Å². The number of amides is 2. The average molecular weight is 324 g/mol. The molecular formula is C18H32N2O3. The molecule has 2 atom stereocenters. The molecule has 0 radical (unpaired) electrons. The van der Waals surface area contributed by atoms with Crippen molar-refractivity contribution in [3.05, 3.63) is 0 Å². The van der Waals surface area contributed by atoms with Gasteiger partial charge in [-0.15, -0.1) is 0 Å². The van der Waals surface area contributed by atoms with Crippen molar-refractivity contribution in [2.45, 2.75) is 95.7 Å². The molecule has 2 amide bonds. The molecule has 0 heterocycles. The monoisotopic (exact) mass is 324 g/mol. The van der Waals surface area contributed by atoms with Gasteiger partial charge in [0.1, 0.15) is 0 Å². The number of carbonyl (C=O) groups excluding carboxylic acids is 2. The van der Waals surface area contributed by atoms with Crippen molar-refractivity contribution in [3.8, 4) is 0 Å². The predicted molar refractivity (Wildman–Crippen MR) is 89.8 cm³/mol. The molecule has 23 heavy (non-hydrogen) atoms. The fraction of sp³-hybridized carbons (Fsp3) is 0.889. The zero-order valence-corrected chi connectivity index (χ0v) is 14.6. The van der Waals surface area contributed by atoms with Gasteiger partial charge in [-0.2, -0.15) is 0 Å². The van der Waals surface area contributed by atoms with E-state index in [0.717, 1.165) is 51.4 Å². The van der Waals surface area contributed by atoms with Crippen molar-refractivity contribution < 1.29 is 14.7 Å². The summed E-state index contributed by atoms with van der Waals surface area (Å²) in [7, 11) is 0. The van der Waals surface area contributed by atoms with Gasteiger partial charge >= 0.3 is 0 Å². The van der Waals surface area contributed by atoms with E-state index < -0.39 is 5.60 Å². The molecule has 5 nitrogen and oxygen atoms in total. The first-order chi connectivity index (χ1) is 10.9. The van der Waals surface area contributed by atoms with Crippen molar-refractivity contribution >= 4 is 11.8 Å². The van der Waals surface area contributed by atoms with Gasteiger partial charge in [-0.25, -0.2) is 0 Å². The molecule has 0 saturated heterocycles. The summed E-state index contributed by atoms with van der Waals surface area (Å²) in [6.07, 6.45) is 8.31. The van der Waals surface area contributed by atoms with E-state index in [1.807, 2.05) is 13.8 Å². The van der Waals surface area contributed by atoms with E-state index >= 15 is 0 Å². The number of aliphatic hydroxyl groups is 1.